The van der Waals surface area contributed by atoms with Gasteiger partial charge in [0.2, 0.25) is 5.95 Å². The Labute approximate surface area is 163 Å². The minimum atomic E-state index is -4.53. The van der Waals surface area contributed by atoms with Crippen LogP contribution in [-0.2, 0) is 6.18 Å². The van der Waals surface area contributed by atoms with Crippen LogP contribution < -0.4 is 15.5 Å². The molecular weight excluding hydrogens is 375 g/mol. The second-order valence-electron chi connectivity index (χ2n) is 7.56. The summed E-state index contributed by atoms with van der Waals surface area (Å²) in [4.78, 5) is 9.86. The summed E-state index contributed by atoms with van der Waals surface area (Å²) in [5.41, 5.74) is -0.950. The third kappa shape index (κ3) is 5.67. The van der Waals surface area contributed by atoms with Gasteiger partial charge in [-0.25, -0.2) is 4.98 Å². The molecule has 1 unspecified atom stereocenters. The van der Waals surface area contributed by atoms with Gasteiger partial charge in [0, 0.05) is 25.2 Å². The molecular formula is C18H26F3N5S. The number of piperidine rings is 1. The third-order valence-corrected chi connectivity index (χ3v) is 5.37. The molecule has 2 N–H and O–H groups in total. The maximum absolute atomic E-state index is 13.3. The van der Waals surface area contributed by atoms with Gasteiger partial charge in [-0.15, -0.1) is 0 Å². The van der Waals surface area contributed by atoms with Crippen molar-refractivity contribution in [3.8, 4) is 0 Å². The van der Waals surface area contributed by atoms with Gasteiger partial charge in [-0.2, -0.15) is 18.2 Å². The second-order valence-corrected chi connectivity index (χ2v) is 7.97. The third-order valence-electron chi connectivity index (χ3n) is 5.15. The molecule has 0 spiro atoms. The Bertz CT molecular complexity index is 661. The van der Waals surface area contributed by atoms with Gasteiger partial charge in [0.05, 0.1) is 0 Å². The molecule has 1 aromatic heterocycles. The summed E-state index contributed by atoms with van der Waals surface area (Å²) in [5.74, 6) is 0.617. The van der Waals surface area contributed by atoms with E-state index in [1.54, 1.807) is 0 Å². The smallest absolute Gasteiger partial charge is 0.360 e. The fourth-order valence-electron chi connectivity index (χ4n) is 3.76. The predicted molar refractivity (Wildman–Crippen MR) is 104 cm³/mol. The number of rotatable bonds is 3. The fourth-order valence-corrected chi connectivity index (χ4v) is 4.02. The van der Waals surface area contributed by atoms with Crippen molar-refractivity contribution in [1.29, 1.82) is 0 Å². The van der Waals surface area contributed by atoms with Gasteiger partial charge in [-0.1, -0.05) is 26.2 Å². The molecule has 0 aromatic carbocycles. The Hall–Kier alpha value is -1.64. The van der Waals surface area contributed by atoms with E-state index >= 15 is 0 Å². The van der Waals surface area contributed by atoms with Crippen molar-refractivity contribution in [1.82, 2.24) is 15.3 Å². The summed E-state index contributed by atoms with van der Waals surface area (Å²) in [6.07, 6.45) is 3.01. The number of alkyl halides is 3. The largest absolute Gasteiger partial charge is 0.433 e. The first-order valence-electron chi connectivity index (χ1n) is 9.60. The summed E-state index contributed by atoms with van der Waals surface area (Å²) in [6, 6.07) is 1.29. The molecule has 150 valence electrons. The number of nitrogens with zero attached hydrogens (tertiary/aromatic N) is 3. The molecule has 1 aliphatic carbocycles. The van der Waals surface area contributed by atoms with Crippen LogP contribution in [0.2, 0.25) is 0 Å². The van der Waals surface area contributed by atoms with Gasteiger partial charge in [-0.05, 0) is 43.8 Å². The Morgan fingerprint density at radius 1 is 1.15 bits per heavy atom. The van der Waals surface area contributed by atoms with E-state index in [1.807, 2.05) is 4.90 Å². The molecule has 2 fully saturated rings. The monoisotopic (exact) mass is 401 g/mol. The van der Waals surface area contributed by atoms with Gasteiger partial charge >= 0.3 is 6.18 Å². The molecule has 0 bridgehead atoms. The van der Waals surface area contributed by atoms with Crippen LogP contribution >= 0.6 is 12.2 Å². The van der Waals surface area contributed by atoms with E-state index < -0.39 is 11.9 Å². The first-order valence-corrected chi connectivity index (χ1v) is 10.0. The van der Waals surface area contributed by atoms with E-state index in [2.05, 4.69) is 27.5 Å². The van der Waals surface area contributed by atoms with Crippen LogP contribution in [0, 0.1) is 5.92 Å². The van der Waals surface area contributed by atoms with Gasteiger partial charge in [0.1, 0.15) is 5.82 Å². The molecule has 1 saturated carbocycles. The van der Waals surface area contributed by atoms with E-state index in [-0.39, 0.29) is 17.1 Å². The number of aromatic nitrogens is 2. The van der Waals surface area contributed by atoms with Crippen LogP contribution in [0.25, 0.3) is 0 Å². The van der Waals surface area contributed by atoms with Gasteiger partial charge < -0.3 is 15.5 Å². The quantitative estimate of drug-likeness (QED) is 0.735. The molecule has 27 heavy (non-hydrogen) atoms. The van der Waals surface area contributed by atoms with Gasteiger partial charge in [-0.3, -0.25) is 0 Å². The summed E-state index contributed by atoms with van der Waals surface area (Å²) in [5, 5.41) is 6.22. The van der Waals surface area contributed by atoms with Gasteiger partial charge in [0.25, 0.3) is 0 Å². The molecule has 3 rings (SSSR count). The molecule has 0 radical (unpaired) electrons. The molecule has 1 aliphatic heterocycles. The summed E-state index contributed by atoms with van der Waals surface area (Å²) in [7, 11) is 0. The van der Waals surface area contributed by atoms with Crippen LogP contribution in [-0.4, -0.2) is 34.2 Å². The second kappa shape index (κ2) is 8.58. The molecule has 2 heterocycles. The van der Waals surface area contributed by atoms with Crippen LogP contribution in [0.3, 0.4) is 0 Å². The lowest BCUT2D eigenvalue weighted by Crippen LogP contribution is -2.39. The van der Waals surface area contributed by atoms with E-state index in [9.17, 15) is 13.2 Å². The number of hydrogen-bond acceptors (Lipinski definition) is 4. The number of anilines is 2. The van der Waals surface area contributed by atoms with Crippen molar-refractivity contribution in [3.05, 3.63) is 11.8 Å². The first kappa shape index (κ1) is 20.1. The minimum absolute atomic E-state index is 0.105. The Morgan fingerprint density at radius 3 is 2.56 bits per heavy atom. The molecule has 2 aliphatic rings. The Kier molecular flexibility index (Phi) is 6.39. The molecule has 1 atom stereocenters. The molecule has 5 nitrogen and oxygen atoms in total. The minimum Gasteiger partial charge on any atom is -0.360 e. The van der Waals surface area contributed by atoms with Crippen molar-refractivity contribution in [2.24, 2.45) is 5.92 Å². The van der Waals surface area contributed by atoms with Crippen molar-refractivity contribution < 1.29 is 13.2 Å². The van der Waals surface area contributed by atoms with Crippen LogP contribution in [0.4, 0.5) is 24.9 Å². The zero-order valence-corrected chi connectivity index (χ0v) is 16.3. The standard InChI is InChI=1S/C18H26F3N5S/c1-12-6-5-9-26(11-12)15-10-14(18(19,20)21)23-16(24-15)25-17(27)22-13-7-3-2-4-8-13/h10,12-13H,2-9,11H2,1H3,(H2,22,23,24,25,27). The van der Waals surface area contributed by atoms with E-state index in [0.29, 0.717) is 24.8 Å². The lowest BCUT2D eigenvalue weighted by molar-refractivity contribution is -0.141. The lowest BCUT2D eigenvalue weighted by Gasteiger charge is -2.32. The van der Waals surface area contributed by atoms with Crippen molar-refractivity contribution >= 4 is 29.1 Å². The highest BCUT2D eigenvalue weighted by Gasteiger charge is 2.34. The van der Waals surface area contributed by atoms with Crippen LogP contribution in [0.1, 0.15) is 57.6 Å². The van der Waals surface area contributed by atoms with E-state index in [4.69, 9.17) is 12.2 Å². The highest BCUT2D eigenvalue weighted by Crippen LogP contribution is 2.31. The van der Waals surface area contributed by atoms with Crippen LogP contribution in [0.5, 0.6) is 0 Å². The van der Waals surface area contributed by atoms with Crippen molar-refractivity contribution in [2.45, 2.75) is 64.1 Å². The lowest BCUT2D eigenvalue weighted by atomic mass is 9.96. The maximum atomic E-state index is 13.3. The average molecular weight is 402 g/mol. The highest BCUT2D eigenvalue weighted by atomic mass is 32.1. The highest BCUT2D eigenvalue weighted by molar-refractivity contribution is 7.80. The molecule has 9 heteroatoms. The first-order chi connectivity index (χ1) is 12.8. The summed E-state index contributed by atoms with van der Waals surface area (Å²) in [6.45, 7) is 3.49. The van der Waals surface area contributed by atoms with Crippen LogP contribution in [0.15, 0.2) is 6.07 Å². The van der Waals surface area contributed by atoms with E-state index in [0.717, 1.165) is 44.6 Å². The zero-order valence-electron chi connectivity index (χ0n) is 15.5. The Morgan fingerprint density at radius 2 is 1.89 bits per heavy atom. The summed E-state index contributed by atoms with van der Waals surface area (Å²) >= 11 is 5.27. The maximum Gasteiger partial charge on any atom is 0.433 e. The predicted octanol–water partition coefficient (Wildman–Crippen LogP) is 4.35. The van der Waals surface area contributed by atoms with Crippen molar-refractivity contribution in [2.75, 3.05) is 23.3 Å². The van der Waals surface area contributed by atoms with Gasteiger partial charge in [0.15, 0.2) is 10.8 Å². The average Bonchev–Trinajstić information content (AvgIpc) is 2.61. The normalized spacial score (nSPS) is 21.8. The fraction of sp³-hybridized carbons (Fsp3) is 0.722. The SMILES string of the molecule is CC1CCCN(c2cc(C(F)(F)F)nc(NC(=S)NC3CCCCC3)n2)C1. The molecule has 1 saturated heterocycles. The number of halogens is 3. The summed E-state index contributed by atoms with van der Waals surface area (Å²) < 4.78 is 40.0. The van der Waals surface area contributed by atoms with E-state index in [1.165, 1.54) is 6.42 Å². The number of nitrogens with one attached hydrogen (secondary N) is 2. The molecule has 0 amide bonds. The Balaban J connectivity index is 1.76. The van der Waals surface area contributed by atoms with Crippen molar-refractivity contribution in [3.63, 3.8) is 0 Å². The number of hydrogen-bond donors (Lipinski definition) is 2. The number of thiocarbonyl (C=S) groups is 1. The zero-order chi connectivity index (χ0) is 19.4. The topological polar surface area (TPSA) is 53.1 Å². The molecule has 1 aromatic rings.